The zero-order valence-corrected chi connectivity index (χ0v) is 16.6. The van der Waals surface area contributed by atoms with Crippen LogP contribution in [0.4, 0.5) is 0 Å². The molecule has 5 saturated carbocycles. The molecule has 0 aromatic rings. The molecule has 6 aliphatic carbocycles. The first-order chi connectivity index (χ1) is 12.5. The molecule has 4 bridgehead atoms. The van der Waals surface area contributed by atoms with Gasteiger partial charge in [-0.2, -0.15) is 0 Å². The van der Waals surface area contributed by atoms with E-state index in [1.54, 1.807) is 0 Å². The number of methoxy groups -OCH3 is 1. The third-order valence-electron chi connectivity index (χ3n) is 9.27. The van der Waals surface area contributed by atoms with Gasteiger partial charge in [-0.05, 0) is 48.0 Å². The molecule has 0 heterocycles. The first-order valence-electron chi connectivity index (χ1n) is 10.1. The van der Waals surface area contributed by atoms with Crippen LogP contribution in [0.5, 0.6) is 0 Å². The predicted molar refractivity (Wildman–Crippen MR) is 96.6 cm³/mol. The Bertz CT molecular complexity index is 842. The Labute approximate surface area is 159 Å². The lowest BCUT2D eigenvalue weighted by atomic mass is 9.42. The van der Waals surface area contributed by atoms with Crippen molar-refractivity contribution in [3.63, 3.8) is 0 Å². The van der Waals surface area contributed by atoms with E-state index in [4.69, 9.17) is 4.74 Å². The van der Waals surface area contributed by atoms with E-state index in [2.05, 4.69) is 13.8 Å². The van der Waals surface area contributed by atoms with Gasteiger partial charge in [0.1, 0.15) is 5.78 Å². The molecule has 5 nitrogen and oxygen atoms in total. The maximum absolute atomic E-state index is 13.5. The predicted octanol–water partition coefficient (Wildman–Crippen LogP) is 3.37. The molecule has 146 valence electrons. The van der Waals surface area contributed by atoms with E-state index in [1.807, 2.05) is 6.92 Å². The van der Waals surface area contributed by atoms with Crippen LogP contribution < -0.4 is 0 Å². The number of carbonyl (C=O) groups excluding carboxylic acids is 3. The molecule has 1 N–H and O–H groups in total. The molecule has 0 aromatic carbocycles. The number of aliphatic hydroxyl groups is 1. The highest BCUT2D eigenvalue weighted by Crippen LogP contribution is 2.84. The molecular formula is C22H28O5. The minimum Gasteiger partial charge on any atom is -0.504 e. The standard InChI is InChI=1S/C22H28O5/c1-19(9-15(24)27-4)6-11(23)7-20(2)14-5-12-13-8-22(14,10-21(12,13)3)18(26)16(25)17(19)20/h12-14,25H,5-10H2,1-4H3/t12-,13+,14+,19+,20+,21-,22-/m1/s1. The molecule has 0 saturated heterocycles. The van der Waals surface area contributed by atoms with Crippen LogP contribution in [0.25, 0.3) is 0 Å². The average molecular weight is 372 g/mol. The quantitative estimate of drug-likeness (QED) is 0.752. The van der Waals surface area contributed by atoms with Gasteiger partial charge in [0.15, 0.2) is 5.76 Å². The van der Waals surface area contributed by atoms with Gasteiger partial charge in [-0.25, -0.2) is 0 Å². The lowest BCUT2D eigenvalue weighted by Crippen LogP contribution is -2.59. The van der Waals surface area contributed by atoms with E-state index in [1.165, 1.54) is 7.11 Å². The minimum absolute atomic E-state index is 0.0149. The normalized spacial score (nSPS) is 52.4. The summed E-state index contributed by atoms with van der Waals surface area (Å²) in [6, 6.07) is 0. The Kier molecular flexibility index (Phi) is 3.01. The number of rotatable bonds is 2. The minimum atomic E-state index is -0.855. The molecule has 0 unspecified atom stereocenters. The fraction of sp³-hybridized carbons (Fsp3) is 0.773. The van der Waals surface area contributed by atoms with Crippen molar-refractivity contribution >= 4 is 17.5 Å². The van der Waals surface area contributed by atoms with Crippen LogP contribution >= 0.6 is 0 Å². The largest absolute Gasteiger partial charge is 0.504 e. The summed E-state index contributed by atoms with van der Waals surface area (Å²) >= 11 is 0. The Morgan fingerprint density at radius 2 is 1.89 bits per heavy atom. The van der Waals surface area contributed by atoms with Gasteiger partial charge in [0, 0.05) is 29.1 Å². The first kappa shape index (κ1) is 17.4. The van der Waals surface area contributed by atoms with Crippen LogP contribution in [0.3, 0.4) is 0 Å². The van der Waals surface area contributed by atoms with Gasteiger partial charge >= 0.3 is 5.97 Å². The van der Waals surface area contributed by atoms with Gasteiger partial charge in [0.05, 0.1) is 13.5 Å². The van der Waals surface area contributed by atoms with Crippen molar-refractivity contribution in [3.05, 3.63) is 11.3 Å². The second kappa shape index (κ2) is 4.66. The van der Waals surface area contributed by atoms with E-state index in [0.29, 0.717) is 23.8 Å². The summed E-state index contributed by atoms with van der Waals surface area (Å²) in [6.07, 6.45) is 3.20. The Morgan fingerprint density at radius 3 is 2.48 bits per heavy atom. The van der Waals surface area contributed by atoms with Crippen LogP contribution in [-0.4, -0.2) is 29.8 Å². The van der Waals surface area contributed by atoms with Crippen LogP contribution in [0, 0.1) is 39.4 Å². The molecule has 6 rings (SSSR count). The molecule has 5 fully saturated rings. The average Bonchev–Trinajstić information content (AvgIpc) is 3.02. The number of hydrogen-bond acceptors (Lipinski definition) is 5. The summed E-state index contributed by atoms with van der Waals surface area (Å²) in [5.74, 6) is 0.736. The van der Waals surface area contributed by atoms with Gasteiger partial charge < -0.3 is 9.84 Å². The molecule has 0 aromatic heterocycles. The Morgan fingerprint density at radius 1 is 1.19 bits per heavy atom. The number of Topliss-reactive ketones (excluding diaryl/α,β-unsaturated/α-hetero) is 2. The maximum atomic E-state index is 13.5. The molecule has 7 atom stereocenters. The smallest absolute Gasteiger partial charge is 0.306 e. The van der Waals surface area contributed by atoms with Crippen molar-refractivity contribution in [2.75, 3.05) is 7.11 Å². The lowest BCUT2D eigenvalue weighted by Gasteiger charge is -2.60. The fourth-order valence-corrected chi connectivity index (χ4v) is 8.44. The molecular weight excluding hydrogens is 344 g/mol. The molecule has 0 amide bonds. The number of fused-ring (bicyclic) bond motifs is 1. The highest BCUT2D eigenvalue weighted by Gasteiger charge is 2.81. The number of ketones is 2. The third-order valence-corrected chi connectivity index (χ3v) is 9.27. The summed E-state index contributed by atoms with van der Waals surface area (Å²) in [4.78, 5) is 38.4. The maximum Gasteiger partial charge on any atom is 0.306 e. The van der Waals surface area contributed by atoms with E-state index < -0.39 is 22.2 Å². The number of carbonyl (C=O) groups is 3. The highest BCUT2D eigenvalue weighted by atomic mass is 16.5. The molecule has 0 radical (unpaired) electrons. The second-order valence-corrected chi connectivity index (χ2v) is 10.7. The van der Waals surface area contributed by atoms with Gasteiger partial charge in [0.25, 0.3) is 0 Å². The van der Waals surface area contributed by atoms with Crippen molar-refractivity contribution in [3.8, 4) is 0 Å². The summed E-state index contributed by atoms with van der Waals surface area (Å²) in [5, 5.41) is 11.2. The first-order valence-corrected chi connectivity index (χ1v) is 10.1. The van der Waals surface area contributed by atoms with E-state index in [9.17, 15) is 19.5 Å². The number of ether oxygens (including phenoxy) is 1. The van der Waals surface area contributed by atoms with Crippen molar-refractivity contribution in [2.24, 2.45) is 39.4 Å². The monoisotopic (exact) mass is 372 g/mol. The van der Waals surface area contributed by atoms with Crippen LogP contribution in [0.2, 0.25) is 0 Å². The lowest BCUT2D eigenvalue weighted by molar-refractivity contribution is -0.153. The van der Waals surface area contributed by atoms with Gasteiger partial charge in [-0.1, -0.05) is 20.8 Å². The van der Waals surface area contributed by atoms with Crippen LogP contribution in [0.15, 0.2) is 11.3 Å². The highest BCUT2D eigenvalue weighted by molar-refractivity contribution is 6.02. The van der Waals surface area contributed by atoms with Crippen molar-refractivity contribution in [1.82, 2.24) is 0 Å². The SMILES string of the molecule is COC(=O)C[C@]1(C)CC(=O)C[C@]2(C)C1=C(O)C(=O)[C@@]13C[C@H]4[C@@H](C[C@H]12)[C@@]4(C)C3. The second-order valence-electron chi connectivity index (χ2n) is 10.7. The Hall–Kier alpha value is -1.65. The van der Waals surface area contributed by atoms with E-state index in [-0.39, 0.29) is 41.5 Å². The molecule has 27 heavy (non-hydrogen) atoms. The summed E-state index contributed by atoms with van der Waals surface area (Å²) in [7, 11) is 1.33. The van der Waals surface area contributed by atoms with Crippen molar-refractivity contribution < 1.29 is 24.2 Å². The zero-order chi connectivity index (χ0) is 19.6. The molecule has 5 heteroatoms. The number of allylic oxidation sites excluding steroid dienone is 2. The summed E-state index contributed by atoms with van der Waals surface area (Å²) in [5.41, 5.74) is -1.03. The third kappa shape index (κ3) is 1.79. The van der Waals surface area contributed by atoms with E-state index in [0.717, 1.165) is 19.3 Å². The summed E-state index contributed by atoms with van der Waals surface area (Å²) in [6.45, 7) is 6.18. The van der Waals surface area contributed by atoms with Crippen LogP contribution in [-0.2, 0) is 19.1 Å². The topological polar surface area (TPSA) is 80.7 Å². The van der Waals surface area contributed by atoms with Gasteiger partial charge in [-0.15, -0.1) is 0 Å². The molecule has 0 aliphatic heterocycles. The number of hydrogen-bond donors (Lipinski definition) is 1. The fourth-order valence-electron chi connectivity index (χ4n) is 8.44. The molecule has 1 spiro atoms. The Balaban J connectivity index is 1.68. The van der Waals surface area contributed by atoms with Crippen molar-refractivity contribution in [1.29, 1.82) is 0 Å². The summed E-state index contributed by atoms with van der Waals surface area (Å²) < 4.78 is 4.86. The number of aliphatic hydroxyl groups excluding tert-OH is 1. The zero-order valence-electron chi connectivity index (χ0n) is 16.6. The number of esters is 1. The van der Waals surface area contributed by atoms with Crippen molar-refractivity contribution in [2.45, 2.75) is 59.3 Å². The van der Waals surface area contributed by atoms with Gasteiger partial charge in [-0.3, -0.25) is 14.4 Å². The van der Waals surface area contributed by atoms with Crippen LogP contribution in [0.1, 0.15) is 59.3 Å². The van der Waals surface area contributed by atoms with Gasteiger partial charge in [0.2, 0.25) is 5.78 Å². The molecule has 6 aliphatic rings. The van der Waals surface area contributed by atoms with E-state index >= 15 is 0 Å².